The van der Waals surface area contributed by atoms with Gasteiger partial charge in [-0.15, -0.1) is 0 Å². The van der Waals surface area contributed by atoms with Crippen molar-refractivity contribution in [3.05, 3.63) is 64.6 Å². The molecule has 3 rings (SSSR count). The highest BCUT2D eigenvalue weighted by Crippen LogP contribution is 2.19. The fraction of sp³-hybridized carbons (Fsp3) is 0.300. The molecule has 0 bridgehead atoms. The Bertz CT molecular complexity index is 954. The van der Waals surface area contributed by atoms with Crippen molar-refractivity contribution in [3.8, 4) is 5.75 Å². The summed E-state index contributed by atoms with van der Waals surface area (Å²) in [6.45, 7) is 5.75. The van der Waals surface area contributed by atoms with Gasteiger partial charge >= 0.3 is 5.76 Å². The van der Waals surface area contributed by atoms with E-state index in [9.17, 15) is 9.59 Å². The predicted molar refractivity (Wildman–Crippen MR) is 99.2 cm³/mol. The van der Waals surface area contributed by atoms with Crippen LogP contribution < -0.4 is 15.8 Å². The molecule has 0 saturated heterocycles. The Labute approximate surface area is 151 Å². The van der Waals surface area contributed by atoms with Gasteiger partial charge in [0, 0.05) is 0 Å². The van der Waals surface area contributed by atoms with Crippen LogP contribution in [0.25, 0.3) is 11.1 Å². The van der Waals surface area contributed by atoms with Crippen LogP contribution in [0.15, 0.2) is 57.7 Å². The summed E-state index contributed by atoms with van der Waals surface area (Å²) in [5, 5.41) is 2.91. The van der Waals surface area contributed by atoms with Crippen LogP contribution in [-0.4, -0.2) is 16.6 Å². The maximum absolute atomic E-state index is 12.4. The van der Waals surface area contributed by atoms with Gasteiger partial charge < -0.3 is 14.5 Å². The fourth-order valence-corrected chi connectivity index (χ4v) is 2.78. The number of para-hydroxylation sites is 2. The average Bonchev–Trinajstić information content (AvgIpc) is 2.90. The highest BCUT2D eigenvalue weighted by atomic mass is 16.5. The van der Waals surface area contributed by atoms with Crippen molar-refractivity contribution in [2.45, 2.75) is 39.5 Å². The standard InChI is InChI=1S/C20H22N2O4/c1-13(2)25-16-10-8-15(9-11-16)14(3)21-19(23)12-22-17-6-4-5-7-18(17)26-20(22)24/h4-11,13-14H,12H2,1-3H3,(H,21,23). The van der Waals surface area contributed by atoms with Gasteiger partial charge in [-0.2, -0.15) is 0 Å². The summed E-state index contributed by atoms with van der Waals surface area (Å²) in [5.74, 6) is -0.00320. The normalized spacial score (nSPS) is 12.3. The smallest absolute Gasteiger partial charge is 0.420 e. The third-order valence-electron chi connectivity index (χ3n) is 4.00. The molecular formula is C20H22N2O4. The van der Waals surface area contributed by atoms with E-state index in [1.165, 1.54) is 4.57 Å². The molecule has 1 amide bonds. The highest BCUT2D eigenvalue weighted by Gasteiger charge is 2.15. The predicted octanol–water partition coefficient (Wildman–Crippen LogP) is 3.26. The third-order valence-corrected chi connectivity index (χ3v) is 4.00. The minimum absolute atomic E-state index is 0.0886. The molecule has 136 valence electrons. The number of amides is 1. The molecule has 0 aliphatic heterocycles. The summed E-state index contributed by atoms with van der Waals surface area (Å²) in [6, 6.07) is 14.4. The van der Waals surface area contributed by atoms with Crippen molar-refractivity contribution in [1.29, 1.82) is 0 Å². The van der Waals surface area contributed by atoms with E-state index in [-0.39, 0.29) is 24.6 Å². The monoisotopic (exact) mass is 354 g/mol. The van der Waals surface area contributed by atoms with Crippen molar-refractivity contribution in [2.24, 2.45) is 0 Å². The summed E-state index contributed by atoms with van der Waals surface area (Å²) in [6.07, 6.45) is 0.112. The number of carbonyl (C=O) groups is 1. The van der Waals surface area contributed by atoms with Gasteiger partial charge in [0.15, 0.2) is 5.58 Å². The van der Waals surface area contributed by atoms with E-state index < -0.39 is 5.76 Å². The third kappa shape index (κ3) is 3.96. The van der Waals surface area contributed by atoms with Gasteiger partial charge in [-0.05, 0) is 50.6 Å². The molecule has 0 fully saturated rings. The molecule has 0 spiro atoms. The first-order valence-corrected chi connectivity index (χ1v) is 8.58. The van der Waals surface area contributed by atoms with E-state index in [4.69, 9.17) is 9.15 Å². The van der Waals surface area contributed by atoms with Crippen molar-refractivity contribution >= 4 is 17.0 Å². The van der Waals surface area contributed by atoms with Crippen molar-refractivity contribution in [1.82, 2.24) is 9.88 Å². The van der Waals surface area contributed by atoms with Crippen LogP contribution in [0.3, 0.4) is 0 Å². The molecule has 0 aliphatic carbocycles. The molecule has 1 heterocycles. The number of benzene rings is 2. The number of aromatic nitrogens is 1. The second-order valence-electron chi connectivity index (χ2n) is 6.45. The first-order chi connectivity index (χ1) is 12.4. The van der Waals surface area contributed by atoms with Crippen LogP contribution in [0.5, 0.6) is 5.75 Å². The molecule has 0 radical (unpaired) electrons. The van der Waals surface area contributed by atoms with Crippen molar-refractivity contribution in [2.75, 3.05) is 0 Å². The second kappa shape index (κ2) is 7.47. The van der Waals surface area contributed by atoms with Crippen LogP contribution in [0.4, 0.5) is 0 Å². The molecule has 1 N–H and O–H groups in total. The lowest BCUT2D eigenvalue weighted by molar-refractivity contribution is -0.122. The Morgan fingerprint density at radius 2 is 1.81 bits per heavy atom. The van der Waals surface area contributed by atoms with E-state index >= 15 is 0 Å². The molecule has 2 aromatic carbocycles. The van der Waals surface area contributed by atoms with Crippen LogP contribution in [0.1, 0.15) is 32.4 Å². The Hall–Kier alpha value is -3.02. The van der Waals surface area contributed by atoms with Gasteiger partial charge in [-0.1, -0.05) is 24.3 Å². The number of fused-ring (bicyclic) bond motifs is 1. The Kier molecular flexibility index (Phi) is 5.11. The van der Waals surface area contributed by atoms with E-state index in [2.05, 4.69) is 5.32 Å². The second-order valence-corrected chi connectivity index (χ2v) is 6.45. The lowest BCUT2D eigenvalue weighted by Gasteiger charge is -2.16. The van der Waals surface area contributed by atoms with E-state index in [1.807, 2.05) is 45.0 Å². The fourth-order valence-electron chi connectivity index (χ4n) is 2.78. The topological polar surface area (TPSA) is 73.5 Å². The van der Waals surface area contributed by atoms with Crippen LogP contribution >= 0.6 is 0 Å². The van der Waals surface area contributed by atoms with E-state index in [0.717, 1.165) is 11.3 Å². The number of rotatable bonds is 6. The zero-order valence-corrected chi connectivity index (χ0v) is 15.1. The molecule has 1 aromatic heterocycles. The van der Waals surface area contributed by atoms with Crippen molar-refractivity contribution < 1.29 is 13.9 Å². The van der Waals surface area contributed by atoms with Gasteiger partial charge in [0.25, 0.3) is 0 Å². The molecule has 0 aliphatic rings. The molecular weight excluding hydrogens is 332 g/mol. The number of ether oxygens (including phenoxy) is 1. The molecule has 1 atom stereocenters. The van der Waals surface area contributed by atoms with E-state index in [0.29, 0.717) is 11.1 Å². The van der Waals surface area contributed by atoms with Crippen molar-refractivity contribution in [3.63, 3.8) is 0 Å². The maximum atomic E-state index is 12.4. The lowest BCUT2D eigenvalue weighted by atomic mass is 10.1. The molecule has 1 unspecified atom stereocenters. The number of hydrogen-bond acceptors (Lipinski definition) is 4. The summed E-state index contributed by atoms with van der Waals surface area (Å²) in [7, 11) is 0. The number of nitrogens with one attached hydrogen (secondary N) is 1. The number of nitrogens with zero attached hydrogens (tertiary/aromatic N) is 1. The van der Waals surface area contributed by atoms with Gasteiger partial charge in [-0.3, -0.25) is 9.36 Å². The average molecular weight is 354 g/mol. The molecule has 0 saturated carbocycles. The van der Waals surface area contributed by atoms with Crippen LogP contribution in [0.2, 0.25) is 0 Å². The molecule has 26 heavy (non-hydrogen) atoms. The summed E-state index contributed by atoms with van der Waals surface area (Å²) in [5.41, 5.74) is 2.04. The SMILES string of the molecule is CC(C)Oc1ccc(C(C)NC(=O)Cn2c(=O)oc3ccccc32)cc1. The summed E-state index contributed by atoms with van der Waals surface area (Å²) in [4.78, 5) is 24.3. The Balaban J connectivity index is 1.67. The molecule has 6 nitrogen and oxygen atoms in total. The number of hydrogen-bond donors (Lipinski definition) is 1. The lowest BCUT2D eigenvalue weighted by Crippen LogP contribution is -2.32. The number of carbonyl (C=O) groups excluding carboxylic acids is 1. The number of oxazole rings is 1. The van der Waals surface area contributed by atoms with Gasteiger partial charge in [0.1, 0.15) is 12.3 Å². The quantitative estimate of drug-likeness (QED) is 0.737. The minimum Gasteiger partial charge on any atom is -0.491 e. The Morgan fingerprint density at radius 1 is 1.12 bits per heavy atom. The van der Waals surface area contributed by atoms with E-state index in [1.54, 1.807) is 24.3 Å². The summed E-state index contributed by atoms with van der Waals surface area (Å²) < 4.78 is 12.1. The minimum atomic E-state index is -0.538. The zero-order chi connectivity index (χ0) is 18.7. The van der Waals surface area contributed by atoms with Gasteiger partial charge in [-0.25, -0.2) is 4.79 Å². The maximum Gasteiger partial charge on any atom is 0.420 e. The zero-order valence-electron chi connectivity index (χ0n) is 15.1. The first-order valence-electron chi connectivity index (χ1n) is 8.58. The highest BCUT2D eigenvalue weighted by molar-refractivity contribution is 5.79. The Morgan fingerprint density at radius 3 is 2.50 bits per heavy atom. The largest absolute Gasteiger partial charge is 0.491 e. The van der Waals surface area contributed by atoms with Gasteiger partial charge in [0.2, 0.25) is 5.91 Å². The summed E-state index contributed by atoms with van der Waals surface area (Å²) >= 11 is 0. The first kappa shape index (κ1) is 17.8. The van der Waals surface area contributed by atoms with Crippen LogP contribution in [0, 0.1) is 0 Å². The van der Waals surface area contributed by atoms with Crippen LogP contribution in [-0.2, 0) is 11.3 Å². The molecule has 6 heteroatoms. The molecule has 3 aromatic rings. The van der Waals surface area contributed by atoms with Gasteiger partial charge in [0.05, 0.1) is 17.7 Å².